The van der Waals surface area contributed by atoms with E-state index in [9.17, 15) is 18.7 Å². The smallest absolute Gasteiger partial charge is 0.261 e. The van der Waals surface area contributed by atoms with Crippen molar-refractivity contribution in [3.05, 3.63) is 70.5 Å². The maximum absolute atomic E-state index is 15.0. The lowest BCUT2D eigenvalue weighted by atomic mass is 10.0. The molecule has 0 bridgehead atoms. The molecule has 1 aromatic carbocycles. The molecule has 0 saturated carbocycles. The van der Waals surface area contributed by atoms with E-state index in [2.05, 4.69) is 10.3 Å². The minimum absolute atomic E-state index is 0.0459. The van der Waals surface area contributed by atoms with Crippen molar-refractivity contribution in [1.82, 2.24) is 19.3 Å². The largest absolute Gasteiger partial charge is 0.390 e. The van der Waals surface area contributed by atoms with Gasteiger partial charge in [-0.3, -0.25) is 4.79 Å². The summed E-state index contributed by atoms with van der Waals surface area (Å²) in [7, 11) is 0. The summed E-state index contributed by atoms with van der Waals surface area (Å²) in [6, 6.07) is 5.42. The number of halogens is 2. The van der Waals surface area contributed by atoms with Crippen molar-refractivity contribution in [1.29, 1.82) is 0 Å². The number of pyridine rings is 2. The zero-order valence-corrected chi connectivity index (χ0v) is 15.6. The quantitative estimate of drug-likeness (QED) is 0.546. The standard InChI is InChI=1S/C21H18F2N4O2/c1-11-9-26-10-14(6-16(23)20(26)25-11)13-4-12-2-3-27(17-7-24-8-18(17)28)21(29)19(12)15(22)5-13/h2-6,9-10,17-18,24,28H,7-8H2,1H3. The van der Waals surface area contributed by atoms with Crippen molar-refractivity contribution in [2.45, 2.75) is 19.1 Å². The van der Waals surface area contributed by atoms with Crippen molar-refractivity contribution in [2.24, 2.45) is 0 Å². The Morgan fingerprint density at radius 1 is 1.14 bits per heavy atom. The predicted octanol–water partition coefficient (Wildman–Crippen LogP) is 2.41. The molecular weight excluding hydrogens is 378 g/mol. The molecule has 5 rings (SSSR count). The molecular formula is C21H18F2N4O2. The van der Waals surface area contributed by atoms with Crippen LogP contribution in [0.25, 0.3) is 27.5 Å². The molecule has 0 aliphatic carbocycles. The molecule has 2 atom stereocenters. The molecule has 0 amide bonds. The van der Waals surface area contributed by atoms with Crippen molar-refractivity contribution >= 4 is 16.4 Å². The Kier molecular flexibility index (Phi) is 4.01. The summed E-state index contributed by atoms with van der Waals surface area (Å²) in [6.45, 7) is 2.60. The van der Waals surface area contributed by atoms with Crippen LogP contribution >= 0.6 is 0 Å². The minimum Gasteiger partial charge on any atom is -0.390 e. The van der Waals surface area contributed by atoms with E-state index in [0.717, 1.165) is 0 Å². The number of β-amino-alcohol motifs (C(OH)–C–C–N with tert-alkyl or cyclic N) is 1. The fraction of sp³-hybridized carbons (Fsp3) is 0.238. The normalized spacial score (nSPS) is 19.4. The van der Waals surface area contributed by atoms with Gasteiger partial charge < -0.3 is 19.4 Å². The van der Waals surface area contributed by atoms with Crippen LogP contribution in [0, 0.1) is 18.6 Å². The van der Waals surface area contributed by atoms with Crippen LogP contribution in [0.1, 0.15) is 11.7 Å². The maximum Gasteiger partial charge on any atom is 0.261 e. The van der Waals surface area contributed by atoms with Crippen LogP contribution in [0.5, 0.6) is 0 Å². The van der Waals surface area contributed by atoms with E-state index in [4.69, 9.17) is 0 Å². The SMILES string of the molecule is Cc1cn2cc(-c3cc(F)c4c(=O)n(C5CNCC5O)ccc4c3)cc(F)c2n1. The van der Waals surface area contributed by atoms with Gasteiger partial charge in [-0.15, -0.1) is 0 Å². The molecule has 1 fully saturated rings. The van der Waals surface area contributed by atoms with Crippen LogP contribution in [0.4, 0.5) is 8.78 Å². The van der Waals surface area contributed by atoms with Gasteiger partial charge in [-0.05, 0) is 42.1 Å². The fourth-order valence-corrected chi connectivity index (χ4v) is 4.04. The average molecular weight is 396 g/mol. The molecule has 8 heteroatoms. The van der Waals surface area contributed by atoms with Crippen LogP contribution in [0.15, 0.2) is 47.7 Å². The topological polar surface area (TPSA) is 71.6 Å². The van der Waals surface area contributed by atoms with Gasteiger partial charge in [0, 0.05) is 37.2 Å². The number of hydrogen-bond donors (Lipinski definition) is 2. The van der Waals surface area contributed by atoms with Crippen LogP contribution in [-0.4, -0.2) is 38.3 Å². The Bertz CT molecular complexity index is 1330. The first-order valence-corrected chi connectivity index (χ1v) is 9.31. The number of nitrogens with zero attached hydrogens (tertiary/aromatic N) is 3. The summed E-state index contributed by atoms with van der Waals surface area (Å²) in [5, 5.41) is 13.4. The third-order valence-corrected chi connectivity index (χ3v) is 5.45. The number of aliphatic hydroxyl groups excluding tert-OH is 1. The van der Waals surface area contributed by atoms with Gasteiger partial charge in [-0.25, -0.2) is 13.8 Å². The number of aromatic nitrogens is 3. The van der Waals surface area contributed by atoms with E-state index in [1.807, 2.05) is 0 Å². The number of aliphatic hydroxyl groups is 1. The van der Waals surface area contributed by atoms with E-state index >= 15 is 0 Å². The van der Waals surface area contributed by atoms with Crippen molar-refractivity contribution in [3.63, 3.8) is 0 Å². The van der Waals surface area contributed by atoms with Gasteiger partial charge in [-0.1, -0.05) is 0 Å². The van der Waals surface area contributed by atoms with E-state index in [1.165, 1.54) is 16.7 Å². The number of hydrogen-bond acceptors (Lipinski definition) is 4. The lowest BCUT2D eigenvalue weighted by Crippen LogP contribution is -2.31. The zero-order valence-electron chi connectivity index (χ0n) is 15.6. The molecule has 1 saturated heterocycles. The second kappa shape index (κ2) is 6.47. The molecule has 4 heterocycles. The summed E-state index contributed by atoms with van der Waals surface area (Å²) in [6.07, 6.45) is 4.23. The van der Waals surface area contributed by atoms with E-state index in [1.54, 1.807) is 42.0 Å². The highest BCUT2D eigenvalue weighted by atomic mass is 19.1. The number of rotatable bonds is 2. The summed E-state index contributed by atoms with van der Waals surface area (Å²) in [4.78, 5) is 17.0. The van der Waals surface area contributed by atoms with Crippen LogP contribution in [0.3, 0.4) is 0 Å². The first-order chi connectivity index (χ1) is 13.9. The van der Waals surface area contributed by atoms with Gasteiger partial charge >= 0.3 is 0 Å². The molecule has 0 spiro atoms. The Morgan fingerprint density at radius 3 is 2.69 bits per heavy atom. The second-order valence-corrected chi connectivity index (χ2v) is 7.43. The van der Waals surface area contributed by atoms with Crippen molar-refractivity contribution in [3.8, 4) is 11.1 Å². The van der Waals surface area contributed by atoms with E-state index in [0.29, 0.717) is 35.3 Å². The van der Waals surface area contributed by atoms with Crippen LogP contribution in [0.2, 0.25) is 0 Å². The highest BCUT2D eigenvalue weighted by molar-refractivity contribution is 5.87. The summed E-state index contributed by atoms with van der Waals surface area (Å²) in [5.74, 6) is -1.19. The predicted molar refractivity (Wildman–Crippen MR) is 105 cm³/mol. The van der Waals surface area contributed by atoms with Crippen LogP contribution in [-0.2, 0) is 0 Å². The highest BCUT2D eigenvalue weighted by Crippen LogP contribution is 2.28. The average Bonchev–Trinajstić information content (AvgIpc) is 3.26. The lowest BCUT2D eigenvalue weighted by molar-refractivity contribution is 0.149. The Morgan fingerprint density at radius 2 is 1.93 bits per heavy atom. The molecule has 6 nitrogen and oxygen atoms in total. The summed E-state index contributed by atoms with van der Waals surface area (Å²) in [5.41, 5.74) is 1.33. The summed E-state index contributed by atoms with van der Waals surface area (Å²) >= 11 is 0. The Hall–Kier alpha value is -3.10. The van der Waals surface area contributed by atoms with Crippen molar-refractivity contribution in [2.75, 3.05) is 13.1 Å². The van der Waals surface area contributed by atoms with Gasteiger partial charge in [0.15, 0.2) is 11.5 Å². The van der Waals surface area contributed by atoms with Gasteiger partial charge in [0.05, 0.1) is 23.2 Å². The minimum atomic E-state index is -0.708. The van der Waals surface area contributed by atoms with Crippen LogP contribution < -0.4 is 10.9 Å². The van der Waals surface area contributed by atoms with Gasteiger partial charge in [-0.2, -0.15) is 0 Å². The number of nitrogens with one attached hydrogen (secondary N) is 1. The second-order valence-electron chi connectivity index (χ2n) is 7.43. The molecule has 1 aliphatic rings. The number of fused-ring (bicyclic) bond motifs is 2. The number of imidazole rings is 1. The molecule has 0 radical (unpaired) electrons. The fourth-order valence-electron chi connectivity index (χ4n) is 4.04. The molecule has 4 aromatic rings. The van der Waals surface area contributed by atoms with Gasteiger partial charge in [0.2, 0.25) is 0 Å². The van der Waals surface area contributed by atoms with Gasteiger partial charge in [0.25, 0.3) is 5.56 Å². The number of benzene rings is 1. The molecule has 2 N–H and O–H groups in total. The summed E-state index contributed by atoms with van der Waals surface area (Å²) < 4.78 is 32.3. The lowest BCUT2D eigenvalue weighted by Gasteiger charge is -2.17. The molecule has 1 aliphatic heterocycles. The number of aryl methyl sites for hydroxylation is 1. The first kappa shape index (κ1) is 18.0. The molecule has 3 aromatic heterocycles. The Balaban J connectivity index is 1.67. The van der Waals surface area contributed by atoms with E-state index in [-0.39, 0.29) is 11.0 Å². The highest BCUT2D eigenvalue weighted by Gasteiger charge is 2.28. The zero-order chi connectivity index (χ0) is 20.3. The van der Waals surface area contributed by atoms with E-state index < -0.39 is 29.3 Å². The maximum atomic E-state index is 15.0. The third-order valence-electron chi connectivity index (χ3n) is 5.45. The first-order valence-electron chi connectivity index (χ1n) is 9.31. The van der Waals surface area contributed by atoms with Gasteiger partial charge in [0.1, 0.15) is 5.82 Å². The Labute approximate surface area is 164 Å². The molecule has 148 valence electrons. The van der Waals surface area contributed by atoms with Crippen molar-refractivity contribution < 1.29 is 13.9 Å². The third kappa shape index (κ3) is 2.83. The molecule has 29 heavy (non-hydrogen) atoms. The monoisotopic (exact) mass is 396 g/mol. The molecule has 2 unspecified atom stereocenters.